The van der Waals surface area contributed by atoms with Crippen molar-refractivity contribution in [3.05, 3.63) is 86.6 Å². The van der Waals surface area contributed by atoms with Crippen LogP contribution >= 0.6 is 0 Å². The predicted octanol–water partition coefficient (Wildman–Crippen LogP) is 3.79. The summed E-state index contributed by atoms with van der Waals surface area (Å²) in [5.41, 5.74) is 1.75. The van der Waals surface area contributed by atoms with Gasteiger partial charge in [0.25, 0.3) is 0 Å². The van der Waals surface area contributed by atoms with Crippen LogP contribution in [0.25, 0.3) is 0 Å². The van der Waals surface area contributed by atoms with Crippen LogP contribution in [-0.4, -0.2) is 12.9 Å². The zero-order valence-corrected chi connectivity index (χ0v) is 10.0. The molecular formula is C15H17BN. The Morgan fingerprint density at radius 2 is 1.65 bits per heavy atom. The molecule has 0 spiro atoms. The molecular weight excluding hydrogens is 205 g/mol. The van der Waals surface area contributed by atoms with Crippen molar-refractivity contribution in [2.24, 2.45) is 4.99 Å². The summed E-state index contributed by atoms with van der Waals surface area (Å²) in [6.45, 7) is 14.6. The van der Waals surface area contributed by atoms with E-state index in [1.165, 1.54) is 0 Å². The van der Waals surface area contributed by atoms with Gasteiger partial charge in [-0.2, -0.15) is 0 Å². The molecule has 1 nitrogen and oxygen atoms in total. The van der Waals surface area contributed by atoms with E-state index in [-0.39, 0.29) is 0 Å². The number of allylic oxidation sites excluding steroid dienone is 9. The van der Waals surface area contributed by atoms with Crippen molar-refractivity contribution >= 4 is 12.9 Å². The van der Waals surface area contributed by atoms with Gasteiger partial charge in [0.2, 0.25) is 7.28 Å². The van der Waals surface area contributed by atoms with Crippen LogP contribution < -0.4 is 0 Å². The van der Waals surface area contributed by atoms with E-state index in [9.17, 15) is 0 Å². The van der Waals surface area contributed by atoms with Crippen molar-refractivity contribution < 1.29 is 0 Å². The molecule has 0 aliphatic rings. The molecule has 85 valence electrons. The molecule has 0 N–H and O–H groups in total. The summed E-state index contributed by atoms with van der Waals surface area (Å²) in [6, 6.07) is 0. The highest BCUT2D eigenvalue weighted by molar-refractivity contribution is 6.83. The first-order chi connectivity index (χ1) is 8.28. The maximum Gasteiger partial charge on any atom is 0.216 e. The molecule has 0 aromatic heterocycles. The predicted molar refractivity (Wildman–Crippen MR) is 80.3 cm³/mol. The smallest absolute Gasteiger partial charge is 0.216 e. The average molecular weight is 222 g/mol. The highest BCUT2D eigenvalue weighted by Crippen LogP contribution is 1.98. The zero-order chi connectivity index (χ0) is 12.9. The van der Waals surface area contributed by atoms with Gasteiger partial charge in [0.1, 0.15) is 0 Å². The summed E-state index contributed by atoms with van der Waals surface area (Å²) in [7, 11) is 1.90. The van der Waals surface area contributed by atoms with Crippen LogP contribution in [-0.2, 0) is 0 Å². The largest absolute Gasteiger partial charge is 0.272 e. The standard InChI is InChI=1S/C15H17BN/c1-5-9-12-14(11-7-3)16-15(8-4)17-13-10-6-2/h5-13H,1-4H2/b12-9-,13-10-,14-11+,17-15?. The summed E-state index contributed by atoms with van der Waals surface area (Å²) in [5.74, 6) is 0. The second-order valence-corrected chi connectivity index (χ2v) is 2.98. The van der Waals surface area contributed by atoms with Crippen molar-refractivity contribution in [3.63, 3.8) is 0 Å². The van der Waals surface area contributed by atoms with Gasteiger partial charge in [-0.25, -0.2) is 0 Å². The van der Waals surface area contributed by atoms with Gasteiger partial charge in [0.05, 0.1) is 0 Å². The molecule has 0 fully saturated rings. The van der Waals surface area contributed by atoms with Crippen LogP contribution in [0.2, 0.25) is 0 Å². The van der Waals surface area contributed by atoms with E-state index in [4.69, 9.17) is 0 Å². The van der Waals surface area contributed by atoms with Gasteiger partial charge >= 0.3 is 0 Å². The molecule has 1 radical (unpaired) electrons. The lowest BCUT2D eigenvalue weighted by atomic mass is 9.64. The summed E-state index contributed by atoms with van der Waals surface area (Å²) in [4.78, 5) is 4.22. The van der Waals surface area contributed by atoms with Gasteiger partial charge in [0.15, 0.2) is 0 Å². The van der Waals surface area contributed by atoms with E-state index in [0.717, 1.165) is 11.1 Å². The Labute approximate surface area is 105 Å². The van der Waals surface area contributed by atoms with Crippen LogP contribution in [0.3, 0.4) is 0 Å². The van der Waals surface area contributed by atoms with Gasteiger partial charge in [-0.1, -0.05) is 74.3 Å². The molecule has 0 atom stereocenters. The highest BCUT2D eigenvalue weighted by Gasteiger charge is 1.99. The number of hydrogen-bond donors (Lipinski definition) is 0. The first kappa shape index (κ1) is 14.9. The summed E-state index contributed by atoms with van der Waals surface area (Å²) in [5, 5.41) is 0. The quantitative estimate of drug-likeness (QED) is 0.336. The Kier molecular flexibility index (Phi) is 9.15. The Hall–Kier alpha value is -2.09. The fraction of sp³-hybridized carbons (Fsp3) is 0. The third-order valence-corrected chi connectivity index (χ3v) is 1.70. The summed E-state index contributed by atoms with van der Waals surface area (Å²) < 4.78 is 0. The molecule has 0 amide bonds. The lowest BCUT2D eigenvalue weighted by Gasteiger charge is -1.99. The molecule has 0 aliphatic carbocycles. The molecule has 0 aromatic carbocycles. The van der Waals surface area contributed by atoms with Gasteiger partial charge < -0.3 is 0 Å². The van der Waals surface area contributed by atoms with Crippen LogP contribution in [0, 0.1) is 0 Å². The van der Waals surface area contributed by atoms with Crippen molar-refractivity contribution in [2.75, 3.05) is 0 Å². The van der Waals surface area contributed by atoms with Crippen molar-refractivity contribution in [3.8, 4) is 0 Å². The zero-order valence-electron chi connectivity index (χ0n) is 10.0. The number of aliphatic imine (C=N–C) groups is 1. The minimum absolute atomic E-state index is 0.768. The molecule has 0 unspecified atom stereocenters. The number of rotatable bonds is 8. The van der Waals surface area contributed by atoms with E-state index < -0.39 is 0 Å². The topological polar surface area (TPSA) is 12.4 Å². The Bertz CT molecular complexity index is 395. The van der Waals surface area contributed by atoms with E-state index in [0.29, 0.717) is 0 Å². The second kappa shape index (κ2) is 10.4. The molecule has 0 saturated carbocycles. The average Bonchev–Trinajstić information content (AvgIpc) is 2.35. The van der Waals surface area contributed by atoms with Crippen molar-refractivity contribution in [1.29, 1.82) is 0 Å². The van der Waals surface area contributed by atoms with Crippen molar-refractivity contribution in [1.82, 2.24) is 0 Å². The Morgan fingerprint density at radius 1 is 0.941 bits per heavy atom. The molecule has 0 aliphatic heterocycles. The summed E-state index contributed by atoms with van der Waals surface area (Å²) in [6.07, 6.45) is 15.9. The maximum atomic E-state index is 4.22. The Morgan fingerprint density at radius 3 is 2.18 bits per heavy atom. The highest BCUT2D eigenvalue weighted by atomic mass is 14.7. The molecule has 0 saturated heterocycles. The third-order valence-electron chi connectivity index (χ3n) is 1.70. The van der Waals surface area contributed by atoms with E-state index >= 15 is 0 Å². The second-order valence-electron chi connectivity index (χ2n) is 2.98. The fourth-order valence-electron chi connectivity index (χ4n) is 0.977. The minimum Gasteiger partial charge on any atom is -0.272 e. The third kappa shape index (κ3) is 7.80. The normalized spacial score (nSPS) is 12.7. The van der Waals surface area contributed by atoms with Gasteiger partial charge in [-0.15, -0.1) is 0 Å². The molecule has 0 rings (SSSR count). The van der Waals surface area contributed by atoms with E-state index in [2.05, 4.69) is 31.3 Å². The SMILES string of the molecule is C=C/C=C\N=C([B]C(/C=C\C=C)=C/C=C)C=C. The first-order valence-corrected chi connectivity index (χ1v) is 5.22. The maximum absolute atomic E-state index is 4.22. The molecule has 2 heteroatoms. The number of nitrogens with zero attached hydrogens (tertiary/aromatic N) is 1. The van der Waals surface area contributed by atoms with Gasteiger partial charge in [-0.3, -0.25) is 4.99 Å². The van der Waals surface area contributed by atoms with E-state index in [1.807, 2.05) is 25.5 Å². The molecule has 0 bridgehead atoms. The van der Waals surface area contributed by atoms with Crippen LogP contribution in [0.15, 0.2) is 91.6 Å². The molecule has 0 aromatic rings. The fourth-order valence-corrected chi connectivity index (χ4v) is 0.977. The monoisotopic (exact) mass is 222 g/mol. The lowest BCUT2D eigenvalue weighted by Crippen LogP contribution is -2.07. The van der Waals surface area contributed by atoms with Gasteiger partial charge in [-0.05, 0) is 6.08 Å². The molecule has 0 heterocycles. The lowest BCUT2D eigenvalue weighted by molar-refractivity contribution is 1.58. The summed E-state index contributed by atoms with van der Waals surface area (Å²) >= 11 is 0. The van der Waals surface area contributed by atoms with Crippen LogP contribution in [0.1, 0.15) is 0 Å². The van der Waals surface area contributed by atoms with Crippen molar-refractivity contribution in [2.45, 2.75) is 0 Å². The van der Waals surface area contributed by atoms with Crippen LogP contribution in [0.4, 0.5) is 0 Å². The van der Waals surface area contributed by atoms with Crippen LogP contribution in [0.5, 0.6) is 0 Å². The molecule has 17 heavy (non-hydrogen) atoms. The number of hydrogen-bond acceptors (Lipinski definition) is 1. The van der Waals surface area contributed by atoms with E-state index in [1.54, 1.807) is 36.6 Å². The minimum atomic E-state index is 0.768. The van der Waals surface area contributed by atoms with Gasteiger partial charge in [0, 0.05) is 11.8 Å². The first-order valence-electron chi connectivity index (χ1n) is 5.22. The Balaban J connectivity index is 4.82.